The second-order valence-corrected chi connectivity index (χ2v) is 3.54. The van der Waals surface area contributed by atoms with Crippen molar-refractivity contribution in [3.05, 3.63) is 42.7 Å². The second-order valence-electron chi connectivity index (χ2n) is 3.54. The van der Waals surface area contributed by atoms with Crippen LogP contribution < -0.4 is 4.74 Å². The van der Waals surface area contributed by atoms with E-state index >= 15 is 0 Å². The lowest BCUT2D eigenvalue weighted by Gasteiger charge is -2.02. The van der Waals surface area contributed by atoms with Crippen molar-refractivity contribution in [2.45, 2.75) is 0 Å². The second kappa shape index (κ2) is 3.86. The highest BCUT2D eigenvalue weighted by Gasteiger charge is 2.08. The summed E-state index contributed by atoms with van der Waals surface area (Å²) in [6, 6.07) is 9.40. The van der Waals surface area contributed by atoms with Crippen molar-refractivity contribution in [2.24, 2.45) is 0 Å². The van der Waals surface area contributed by atoms with Crippen LogP contribution in [0, 0.1) is 0 Å². The van der Waals surface area contributed by atoms with Gasteiger partial charge in [-0.1, -0.05) is 6.07 Å². The third kappa shape index (κ3) is 1.61. The highest BCUT2D eigenvalue weighted by Crippen LogP contribution is 2.18. The summed E-state index contributed by atoms with van der Waals surface area (Å²) < 4.78 is 7.05. The Balaban J connectivity index is 2.23. The van der Waals surface area contributed by atoms with Gasteiger partial charge < -0.3 is 4.74 Å². The molecule has 0 spiro atoms. The van der Waals surface area contributed by atoms with Gasteiger partial charge in [0.1, 0.15) is 11.4 Å². The Morgan fingerprint density at radius 1 is 1.12 bits per heavy atom. The summed E-state index contributed by atoms with van der Waals surface area (Å²) >= 11 is 0. The van der Waals surface area contributed by atoms with Crippen molar-refractivity contribution >= 4 is 5.65 Å². The standard InChI is InChI=1S/C12H10N4O/c1-17-9-5-6-11-14-15-12(16(11)8-9)10-4-2-3-7-13-10/h2-8H,1H3. The van der Waals surface area contributed by atoms with E-state index in [1.165, 1.54) is 0 Å². The predicted octanol–water partition coefficient (Wildman–Crippen LogP) is 1.80. The zero-order valence-electron chi connectivity index (χ0n) is 9.24. The van der Waals surface area contributed by atoms with E-state index < -0.39 is 0 Å². The molecule has 3 heterocycles. The van der Waals surface area contributed by atoms with Gasteiger partial charge in [-0.25, -0.2) is 0 Å². The summed E-state index contributed by atoms with van der Waals surface area (Å²) in [6.07, 6.45) is 3.58. The first-order chi connectivity index (χ1) is 8.38. The molecule has 0 fully saturated rings. The van der Waals surface area contributed by atoms with Crippen molar-refractivity contribution in [3.8, 4) is 17.3 Å². The van der Waals surface area contributed by atoms with Gasteiger partial charge in [-0.15, -0.1) is 10.2 Å². The predicted molar refractivity (Wildman–Crippen MR) is 62.8 cm³/mol. The van der Waals surface area contributed by atoms with Gasteiger partial charge in [0, 0.05) is 6.20 Å². The Bertz CT molecular complexity index is 648. The normalized spacial score (nSPS) is 10.6. The lowest BCUT2D eigenvalue weighted by atomic mass is 10.3. The molecule has 0 atom stereocenters. The van der Waals surface area contributed by atoms with E-state index in [1.807, 2.05) is 40.9 Å². The Morgan fingerprint density at radius 2 is 2.06 bits per heavy atom. The van der Waals surface area contributed by atoms with E-state index in [4.69, 9.17) is 4.74 Å². The van der Waals surface area contributed by atoms with Crippen molar-refractivity contribution in [1.82, 2.24) is 19.6 Å². The molecule has 0 saturated heterocycles. The van der Waals surface area contributed by atoms with Gasteiger partial charge in [0.2, 0.25) is 0 Å². The Hall–Kier alpha value is -2.43. The van der Waals surface area contributed by atoms with Crippen LogP contribution in [0.25, 0.3) is 17.2 Å². The van der Waals surface area contributed by atoms with Crippen LogP contribution in [0.15, 0.2) is 42.7 Å². The van der Waals surface area contributed by atoms with Crippen LogP contribution in [-0.2, 0) is 0 Å². The van der Waals surface area contributed by atoms with Crippen molar-refractivity contribution in [1.29, 1.82) is 0 Å². The van der Waals surface area contributed by atoms with E-state index in [-0.39, 0.29) is 0 Å². The summed E-state index contributed by atoms with van der Waals surface area (Å²) in [4.78, 5) is 4.26. The fraction of sp³-hybridized carbons (Fsp3) is 0.0833. The van der Waals surface area contributed by atoms with Crippen LogP contribution in [-0.4, -0.2) is 26.7 Å². The monoisotopic (exact) mass is 226 g/mol. The van der Waals surface area contributed by atoms with Crippen LogP contribution in [0.2, 0.25) is 0 Å². The molecule has 3 aromatic heterocycles. The van der Waals surface area contributed by atoms with Crippen LogP contribution in [0.5, 0.6) is 5.75 Å². The van der Waals surface area contributed by atoms with Crippen molar-refractivity contribution in [2.75, 3.05) is 7.11 Å². The van der Waals surface area contributed by atoms with E-state index in [0.717, 1.165) is 17.1 Å². The average Bonchev–Trinajstić information content (AvgIpc) is 2.82. The zero-order valence-corrected chi connectivity index (χ0v) is 9.24. The molecule has 0 unspecified atom stereocenters. The molecule has 17 heavy (non-hydrogen) atoms. The quantitative estimate of drug-likeness (QED) is 0.668. The molecule has 0 saturated carbocycles. The minimum Gasteiger partial charge on any atom is -0.495 e. The summed E-state index contributed by atoms with van der Waals surface area (Å²) in [5.74, 6) is 1.47. The maximum Gasteiger partial charge on any atom is 0.187 e. The molecule has 0 amide bonds. The number of rotatable bonds is 2. The number of hydrogen-bond donors (Lipinski definition) is 0. The van der Waals surface area contributed by atoms with Gasteiger partial charge in [-0.3, -0.25) is 9.38 Å². The van der Waals surface area contributed by atoms with Gasteiger partial charge >= 0.3 is 0 Å². The first-order valence-corrected chi connectivity index (χ1v) is 5.18. The number of fused-ring (bicyclic) bond motifs is 1. The van der Waals surface area contributed by atoms with E-state index in [1.54, 1.807) is 13.3 Å². The highest BCUT2D eigenvalue weighted by molar-refractivity contribution is 5.55. The van der Waals surface area contributed by atoms with Crippen molar-refractivity contribution in [3.63, 3.8) is 0 Å². The Labute approximate surface area is 97.7 Å². The molecule has 0 N–H and O–H groups in total. The molecule has 0 aliphatic rings. The molecule has 84 valence electrons. The molecule has 0 aromatic carbocycles. The number of aromatic nitrogens is 4. The fourth-order valence-corrected chi connectivity index (χ4v) is 1.66. The summed E-state index contributed by atoms with van der Waals surface area (Å²) in [7, 11) is 1.63. The number of methoxy groups -OCH3 is 1. The SMILES string of the molecule is COc1ccc2nnc(-c3ccccn3)n2c1. The third-order valence-electron chi connectivity index (χ3n) is 2.50. The minimum atomic E-state index is 0.708. The number of hydrogen-bond acceptors (Lipinski definition) is 4. The maximum absolute atomic E-state index is 5.19. The lowest BCUT2D eigenvalue weighted by molar-refractivity contribution is 0.412. The molecule has 5 nitrogen and oxygen atoms in total. The Kier molecular flexibility index (Phi) is 2.22. The van der Waals surface area contributed by atoms with E-state index in [0.29, 0.717) is 5.82 Å². The average molecular weight is 226 g/mol. The largest absolute Gasteiger partial charge is 0.495 e. The van der Waals surface area contributed by atoms with Crippen LogP contribution in [0.3, 0.4) is 0 Å². The van der Waals surface area contributed by atoms with Gasteiger partial charge in [0.15, 0.2) is 11.5 Å². The molecule has 0 aliphatic heterocycles. The molecule has 0 radical (unpaired) electrons. The van der Waals surface area contributed by atoms with Gasteiger partial charge in [-0.05, 0) is 24.3 Å². The van der Waals surface area contributed by atoms with Gasteiger partial charge in [-0.2, -0.15) is 0 Å². The smallest absolute Gasteiger partial charge is 0.187 e. The van der Waals surface area contributed by atoms with E-state index in [2.05, 4.69) is 15.2 Å². The molecule has 3 aromatic rings. The number of ether oxygens (including phenoxy) is 1. The molecule has 3 rings (SSSR count). The van der Waals surface area contributed by atoms with Crippen molar-refractivity contribution < 1.29 is 4.74 Å². The van der Waals surface area contributed by atoms with Gasteiger partial charge in [0.05, 0.1) is 13.3 Å². The molecule has 0 bridgehead atoms. The number of pyridine rings is 2. The molecule has 0 aliphatic carbocycles. The summed E-state index contributed by atoms with van der Waals surface area (Å²) in [6.45, 7) is 0. The summed E-state index contributed by atoms with van der Waals surface area (Å²) in [5.41, 5.74) is 1.56. The Morgan fingerprint density at radius 3 is 2.82 bits per heavy atom. The molecular formula is C12H10N4O. The topological polar surface area (TPSA) is 52.3 Å². The first kappa shape index (κ1) is 9.77. The fourth-order valence-electron chi connectivity index (χ4n) is 1.66. The third-order valence-corrected chi connectivity index (χ3v) is 2.50. The molecule has 5 heteroatoms. The number of nitrogens with zero attached hydrogens (tertiary/aromatic N) is 4. The van der Waals surface area contributed by atoms with Gasteiger partial charge in [0.25, 0.3) is 0 Å². The van der Waals surface area contributed by atoms with E-state index in [9.17, 15) is 0 Å². The zero-order chi connectivity index (χ0) is 11.7. The minimum absolute atomic E-state index is 0.708. The van der Waals surface area contributed by atoms with Crippen LogP contribution >= 0.6 is 0 Å². The summed E-state index contributed by atoms with van der Waals surface area (Å²) in [5, 5.41) is 8.22. The van der Waals surface area contributed by atoms with Crippen LogP contribution in [0.1, 0.15) is 0 Å². The lowest BCUT2D eigenvalue weighted by Crippen LogP contribution is -1.93. The molecular weight excluding hydrogens is 216 g/mol. The van der Waals surface area contributed by atoms with Crippen LogP contribution in [0.4, 0.5) is 0 Å². The highest BCUT2D eigenvalue weighted by atomic mass is 16.5. The first-order valence-electron chi connectivity index (χ1n) is 5.18. The maximum atomic E-state index is 5.19.